The lowest BCUT2D eigenvalue weighted by Crippen LogP contribution is -2.46. The molecule has 0 spiro atoms. The number of halogens is 1. The molecule has 110 valence electrons. The van der Waals surface area contributed by atoms with E-state index >= 15 is 0 Å². The minimum atomic E-state index is -0.295. The largest absolute Gasteiger partial charge is 0.487 e. The molecule has 20 heavy (non-hydrogen) atoms. The van der Waals surface area contributed by atoms with E-state index in [9.17, 15) is 4.79 Å². The highest BCUT2D eigenvalue weighted by atomic mass is 79.9. The monoisotopic (exact) mass is 340 g/mol. The molecule has 1 aliphatic heterocycles. The van der Waals surface area contributed by atoms with E-state index in [-0.39, 0.29) is 23.7 Å². The van der Waals surface area contributed by atoms with E-state index < -0.39 is 0 Å². The Bertz CT molecular complexity index is 515. The molecule has 2 rings (SSSR count). The lowest BCUT2D eigenvalue weighted by Gasteiger charge is -2.38. The summed E-state index contributed by atoms with van der Waals surface area (Å²) in [6.45, 7) is 7.95. The minimum absolute atomic E-state index is 0.0509. The number of benzene rings is 1. The fourth-order valence-electron chi connectivity index (χ4n) is 2.42. The molecule has 1 heterocycles. The fourth-order valence-corrected chi connectivity index (χ4v) is 2.80. The molecule has 0 fully saturated rings. The first-order valence-electron chi connectivity index (χ1n) is 6.82. The van der Waals surface area contributed by atoms with Crippen molar-refractivity contribution in [2.24, 2.45) is 0 Å². The fraction of sp³-hybridized carbons (Fsp3) is 0.533. The maximum Gasteiger partial charge on any atom is 0.315 e. The zero-order valence-corrected chi connectivity index (χ0v) is 13.9. The minimum Gasteiger partial charge on any atom is -0.487 e. The number of carbonyl (C=O) groups excluding carboxylic acids is 1. The number of hydrogen-bond acceptors (Lipinski definition) is 2. The first-order valence-corrected chi connectivity index (χ1v) is 7.61. The Morgan fingerprint density at radius 3 is 2.80 bits per heavy atom. The van der Waals surface area contributed by atoms with Crippen LogP contribution in [0.5, 0.6) is 5.75 Å². The molecular weight excluding hydrogens is 320 g/mol. The normalized spacial score (nSPS) is 20.0. The van der Waals surface area contributed by atoms with Crippen molar-refractivity contribution in [3.63, 3.8) is 0 Å². The number of nitrogens with one attached hydrogen (secondary N) is 2. The summed E-state index contributed by atoms with van der Waals surface area (Å²) in [7, 11) is 0. The zero-order valence-electron chi connectivity index (χ0n) is 12.3. The summed E-state index contributed by atoms with van der Waals surface area (Å²) in [5, 5.41) is 5.90. The number of amides is 2. The van der Waals surface area contributed by atoms with Gasteiger partial charge in [0.25, 0.3) is 0 Å². The van der Waals surface area contributed by atoms with Gasteiger partial charge in [-0.25, -0.2) is 4.79 Å². The first kappa shape index (κ1) is 15.2. The average molecular weight is 341 g/mol. The number of hydrogen-bond donors (Lipinski definition) is 2. The van der Waals surface area contributed by atoms with Crippen molar-refractivity contribution in [3.8, 4) is 5.75 Å². The van der Waals surface area contributed by atoms with Crippen LogP contribution < -0.4 is 15.4 Å². The summed E-state index contributed by atoms with van der Waals surface area (Å²) < 4.78 is 6.96. The van der Waals surface area contributed by atoms with Crippen molar-refractivity contribution in [3.05, 3.63) is 28.2 Å². The van der Waals surface area contributed by atoms with Crippen LogP contribution in [-0.2, 0) is 0 Å². The van der Waals surface area contributed by atoms with Gasteiger partial charge in [-0.15, -0.1) is 0 Å². The molecule has 4 nitrogen and oxygen atoms in total. The van der Waals surface area contributed by atoms with Crippen LogP contribution in [0.2, 0.25) is 0 Å². The molecule has 0 aliphatic carbocycles. The van der Waals surface area contributed by atoms with Crippen LogP contribution in [0.1, 0.15) is 45.7 Å². The second-order valence-corrected chi connectivity index (χ2v) is 6.99. The maximum atomic E-state index is 12.0. The molecular formula is C15H21BrN2O2. The van der Waals surface area contributed by atoms with Crippen molar-refractivity contribution in [2.45, 2.75) is 51.8 Å². The number of carbonyl (C=O) groups is 1. The third-order valence-corrected chi connectivity index (χ3v) is 3.65. The number of rotatable bonds is 2. The Kier molecular flexibility index (Phi) is 4.28. The van der Waals surface area contributed by atoms with Gasteiger partial charge in [-0.05, 0) is 45.9 Å². The summed E-state index contributed by atoms with van der Waals surface area (Å²) in [6.07, 6.45) is 0.738. The van der Waals surface area contributed by atoms with Gasteiger partial charge in [0.05, 0.1) is 6.04 Å². The summed E-state index contributed by atoms with van der Waals surface area (Å²) >= 11 is 3.47. The molecule has 1 aliphatic rings. The predicted molar refractivity (Wildman–Crippen MR) is 83.0 cm³/mol. The van der Waals surface area contributed by atoms with Gasteiger partial charge in [0.2, 0.25) is 0 Å². The Labute approximate surface area is 128 Å². The van der Waals surface area contributed by atoms with Crippen molar-refractivity contribution < 1.29 is 9.53 Å². The van der Waals surface area contributed by atoms with Gasteiger partial charge in [-0.2, -0.15) is 0 Å². The van der Waals surface area contributed by atoms with Crippen LogP contribution in [-0.4, -0.2) is 17.7 Å². The van der Waals surface area contributed by atoms with Gasteiger partial charge in [-0.1, -0.05) is 15.9 Å². The van der Waals surface area contributed by atoms with Crippen LogP contribution in [0.25, 0.3) is 0 Å². The molecule has 0 saturated carbocycles. The van der Waals surface area contributed by atoms with Gasteiger partial charge in [0.1, 0.15) is 11.4 Å². The second-order valence-electron chi connectivity index (χ2n) is 6.07. The van der Waals surface area contributed by atoms with E-state index in [2.05, 4.69) is 26.6 Å². The smallest absolute Gasteiger partial charge is 0.315 e. The van der Waals surface area contributed by atoms with Crippen LogP contribution in [0.4, 0.5) is 4.79 Å². The number of ether oxygens (including phenoxy) is 1. The summed E-state index contributed by atoms with van der Waals surface area (Å²) in [5.41, 5.74) is 0.717. The summed E-state index contributed by atoms with van der Waals surface area (Å²) in [5.74, 6) is 0.833. The van der Waals surface area contributed by atoms with Crippen molar-refractivity contribution in [2.75, 3.05) is 0 Å². The lowest BCUT2D eigenvalue weighted by atomic mass is 9.90. The zero-order chi connectivity index (χ0) is 14.9. The van der Waals surface area contributed by atoms with Gasteiger partial charge in [-0.3, -0.25) is 0 Å². The molecule has 5 heteroatoms. The van der Waals surface area contributed by atoms with E-state index in [0.717, 1.165) is 22.2 Å². The standard InChI is InChI=1S/C15H21BrN2O2/c1-9(2)17-14(19)18-12-8-15(3,4)20-13-6-5-10(16)7-11(12)13/h5-7,9,12H,8H2,1-4H3,(H2,17,18,19). The first-order chi connectivity index (χ1) is 9.27. The van der Waals surface area contributed by atoms with Crippen LogP contribution in [0.3, 0.4) is 0 Å². The molecule has 1 unspecified atom stereocenters. The molecule has 0 radical (unpaired) electrons. The van der Waals surface area contributed by atoms with Gasteiger partial charge in [0.15, 0.2) is 0 Å². The molecule has 0 saturated heterocycles. The van der Waals surface area contributed by atoms with Crippen LogP contribution in [0.15, 0.2) is 22.7 Å². The summed E-state index contributed by atoms with van der Waals surface area (Å²) in [6, 6.07) is 5.81. The second kappa shape index (κ2) is 5.64. The van der Waals surface area contributed by atoms with E-state index in [1.54, 1.807) is 0 Å². The van der Waals surface area contributed by atoms with Gasteiger partial charge < -0.3 is 15.4 Å². The maximum absolute atomic E-state index is 12.0. The Morgan fingerprint density at radius 2 is 2.15 bits per heavy atom. The van der Waals surface area contributed by atoms with E-state index in [4.69, 9.17) is 4.74 Å². The van der Waals surface area contributed by atoms with Crippen molar-refractivity contribution in [1.82, 2.24) is 10.6 Å². The van der Waals surface area contributed by atoms with Gasteiger partial charge >= 0.3 is 6.03 Å². The molecule has 1 aromatic rings. The molecule has 1 atom stereocenters. The Hall–Kier alpha value is -1.23. The van der Waals surface area contributed by atoms with E-state index in [1.165, 1.54) is 0 Å². The third-order valence-electron chi connectivity index (χ3n) is 3.15. The highest BCUT2D eigenvalue weighted by Crippen LogP contribution is 2.40. The molecule has 0 bridgehead atoms. The van der Waals surface area contributed by atoms with Crippen molar-refractivity contribution in [1.29, 1.82) is 0 Å². The topological polar surface area (TPSA) is 50.4 Å². The summed E-state index contributed by atoms with van der Waals surface area (Å²) in [4.78, 5) is 12.0. The van der Waals surface area contributed by atoms with Gasteiger partial charge in [0, 0.05) is 22.5 Å². The lowest BCUT2D eigenvalue weighted by molar-refractivity contribution is 0.0678. The Balaban J connectivity index is 2.24. The third kappa shape index (κ3) is 3.66. The number of fused-ring (bicyclic) bond motifs is 1. The SMILES string of the molecule is CC(C)NC(=O)NC1CC(C)(C)Oc2ccc(Br)cc21. The van der Waals surface area contributed by atoms with Crippen LogP contribution >= 0.6 is 15.9 Å². The number of urea groups is 1. The highest BCUT2D eigenvalue weighted by Gasteiger charge is 2.34. The van der Waals surface area contributed by atoms with E-state index in [1.807, 2.05) is 45.9 Å². The quantitative estimate of drug-likeness (QED) is 0.861. The Morgan fingerprint density at radius 1 is 1.45 bits per heavy atom. The van der Waals surface area contributed by atoms with E-state index in [0.29, 0.717) is 0 Å². The molecule has 2 amide bonds. The highest BCUT2D eigenvalue weighted by molar-refractivity contribution is 9.10. The van der Waals surface area contributed by atoms with Crippen LogP contribution in [0, 0.1) is 0 Å². The molecule has 1 aromatic carbocycles. The predicted octanol–water partition coefficient (Wildman–Crippen LogP) is 3.76. The van der Waals surface area contributed by atoms with Crippen molar-refractivity contribution >= 4 is 22.0 Å². The molecule has 2 N–H and O–H groups in total. The average Bonchev–Trinajstić information content (AvgIpc) is 2.28. The molecule has 0 aromatic heterocycles.